The van der Waals surface area contributed by atoms with Crippen LogP contribution < -0.4 is 0 Å². The molecule has 1 aromatic heterocycles. The molecule has 0 saturated heterocycles. The number of fused-ring (bicyclic) bond motifs is 1. The highest BCUT2D eigenvalue weighted by Gasteiger charge is 2.13. The van der Waals surface area contributed by atoms with E-state index < -0.39 is 5.83 Å². The number of allylic oxidation sites excluding steroid dienone is 3. The molecule has 0 bridgehead atoms. The molecule has 0 radical (unpaired) electrons. The quantitative estimate of drug-likeness (QED) is 0.541. The van der Waals surface area contributed by atoms with Crippen LogP contribution >= 0.6 is 11.6 Å². The molecule has 0 saturated carbocycles. The third kappa shape index (κ3) is 3.08. The molecule has 0 aliphatic rings. The molecule has 21 heavy (non-hydrogen) atoms. The molecule has 1 aromatic carbocycles. The Morgan fingerprint density at radius 2 is 2.10 bits per heavy atom. The van der Waals surface area contributed by atoms with Crippen LogP contribution in [0, 0.1) is 0 Å². The fraction of sp³-hybridized carbons (Fsp3) is 0.235. The third-order valence-electron chi connectivity index (χ3n) is 3.30. The average Bonchev–Trinajstić information content (AvgIpc) is 2.83. The normalized spacial score (nSPS) is 13.2. The number of aromatic amines is 1. The van der Waals surface area contributed by atoms with Gasteiger partial charge in [0, 0.05) is 22.2 Å². The number of H-pyrrole nitrogens is 1. The van der Waals surface area contributed by atoms with Gasteiger partial charge in [0.2, 0.25) is 0 Å². The molecule has 2 aromatic rings. The van der Waals surface area contributed by atoms with Crippen LogP contribution in [-0.2, 0) is 0 Å². The van der Waals surface area contributed by atoms with Crippen LogP contribution in [-0.4, -0.2) is 11.7 Å². The molecule has 110 valence electrons. The molecular weight excluding hydrogens is 287 g/mol. The van der Waals surface area contributed by atoms with Crippen molar-refractivity contribution in [2.45, 2.75) is 26.7 Å². The van der Waals surface area contributed by atoms with Crippen molar-refractivity contribution in [1.82, 2.24) is 4.98 Å². The first-order chi connectivity index (χ1) is 9.97. The Labute approximate surface area is 129 Å². The highest BCUT2D eigenvalue weighted by molar-refractivity contribution is 6.33. The van der Waals surface area contributed by atoms with Gasteiger partial charge in [0.05, 0.1) is 5.02 Å². The van der Waals surface area contributed by atoms with E-state index in [0.29, 0.717) is 16.5 Å². The van der Waals surface area contributed by atoms with Crippen molar-refractivity contribution in [3.63, 3.8) is 0 Å². The van der Waals surface area contributed by atoms with E-state index in [9.17, 15) is 4.39 Å². The van der Waals surface area contributed by atoms with Gasteiger partial charge in [0.25, 0.3) is 0 Å². The van der Waals surface area contributed by atoms with Crippen molar-refractivity contribution in [1.29, 1.82) is 0 Å². The number of nitrogens with zero attached hydrogens (tertiary/aromatic N) is 1. The van der Waals surface area contributed by atoms with Crippen molar-refractivity contribution < 1.29 is 4.39 Å². The van der Waals surface area contributed by atoms with Crippen molar-refractivity contribution in [2.24, 2.45) is 4.99 Å². The Hall–Kier alpha value is -1.87. The number of benzene rings is 1. The highest BCUT2D eigenvalue weighted by Crippen LogP contribution is 2.33. The lowest BCUT2D eigenvalue weighted by atomic mass is 10.1. The second-order valence-corrected chi connectivity index (χ2v) is 5.56. The minimum absolute atomic E-state index is 0.153. The molecule has 2 rings (SSSR count). The zero-order valence-electron chi connectivity index (χ0n) is 12.4. The fourth-order valence-electron chi connectivity index (χ4n) is 2.18. The van der Waals surface area contributed by atoms with E-state index >= 15 is 0 Å². The third-order valence-corrected chi connectivity index (χ3v) is 3.62. The number of aromatic nitrogens is 1. The van der Waals surface area contributed by atoms with E-state index in [-0.39, 0.29) is 5.70 Å². The predicted molar refractivity (Wildman–Crippen MR) is 89.8 cm³/mol. The van der Waals surface area contributed by atoms with Gasteiger partial charge >= 0.3 is 0 Å². The molecule has 0 aliphatic carbocycles. The smallest absolute Gasteiger partial charge is 0.149 e. The zero-order chi connectivity index (χ0) is 15.6. The zero-order valence-corrected chi connectivity index (χ0v) is 13.1. The van der Waals surface area contributed by atoms with Crippen molar-refractivity contribution >= 4 is 34.9 Å². The van der Waals surface area contributed by atoms with E-state index in [1.54, 1.807) is 13.0 Å². The van der Waals surface area contributed by atoms with Gasteiger partial charge in [0.1, 0.15) is 11.5 Å². The summed E-state index contributed by atoms with van der Waals surface area (Å²) in [6.07, 6.45) is 2.96. The minimum atomic E-state index is -0.454. The monoisotopic (exact) mass is 304 g/mol. The molecule has 0 aliphatic heterocycles. The first kappa shape index (κ1) is 15.5. The standard InChI is InChI=1S/C17H18ClFN2/c1-5-6-14(19)17(20-4)12-9-16-11(7-13(12)18)8-15(21-16)10(2)3/h5-10,21H,4H2,1-3H3/b6-5-,17-14+. The largest absolute Gasteiger partial charge is 0.358 e. The fourth-order valence-corrected chi connectivity index (χ4v) is 2.44. The lowest BCUT2D eigenvalue weighted by Crippen LogP contribution is -1.87. The summed E-state index contributed by atoms with van der Waals surface area (Å²) < 4.78 is 14.1. The number of aliphatic imine (C=N–C) groups is 1. The van der Waals surface area contributed by atoms with Gasteiger partial charge < -0.3 is 4.98 Å². The highest BCUT2D eigenvalue weighted by atomic mass is 35.5. The second kappa shape index (κ2) is 6.27. The van der Waals surface area contributed by atoms with Crippen LogP contribution in [0.25, 0.3) is 16.6 Å². The minimum Gasteiger partial charge on any atom is -0.358 e. The van der Waals surface area contributed by atoms with Crippen molar-refractivity contribution in [3.8, 4) is 0 Å². The van der Waals surface area contributed by atoms with E-state index in [1.165, 1.54) is 6.08 Å². The molecular formula is C17H18ClFN2. The van der Waals surface area contributed by atoms with Gasteiger partial charge in [-0.3, -0.25) is 4.99 Å². The molecule has 0 amide bonds. The summed E-state index contributed by atoms with van der Waals surface area (Å²) in [5.74, 6) is -0.0729. The first-order valence-corrected chi connectivity index (χ1v) is 7.17. The van der Waals surface area contributed by atoms with Gasteiger partial charge in [-0.05, 0) is 43.8 Å². The summed E-state index contributed by atoms with van der Waals surface area (Å²) >= 11 is 6.28. The molecule has 1 heterocycles. The van der Waals surface area contributed by atoms with Crippen LogP contribution in [0.5, 0.6) is 0 Å². The van der Waals surface area contributed by atoms with Crippen LogP contribution in [0.3, 0.4) is 0 Å². The van der Waals surface area contributed by atoms with Crippen LogP contribution in [0.2, 0.25) is 5.02 Å². The first-order valence-electron chi connectivity index (χ1n) is 6.79. The Morgan fingerprint density at radius 3 is 2.67 bits per heavy atom. The number of hydrogen-bond acceptors (Lipinski definition) is 1. The summed E-state index contributed by atoms with van der Waals surface area (Å²) in [6, 6.07) is 5.70. The van der Waals surface area contributed by atoms with Gasteiger partial charge in [-0.1, -0.05) is 31.5 Å². The van der Waals surface area contributed by atoms with E-state index in [1.807, 2.05) is 12.1 Å². The number of nitrogens with one attached hydrogen (secondary N) is 1. The number of halogens is 2. The maximum Gasteiger partial charge on any atom is 0.149 e. The Balaban J connectivity index is 2.66. The molecule has 4 heteroatoms. The van der Waals surface area contributed by atoms with Crippen LogP contribution in [0.4, 0.5) is 4.39 Å². The summed E-state index contributed by atoms with van der Waals surface area (Å²) in [7, 11) is 0. The Bertz CT molecular complexity index is 739. The Kier molecular flexibility index (Phi) is 4.63. The second-order valence-electron chi connectivity index (χ2n) is 5.15. The van der Waals surface area contributed by atoms with E-state index in [2.05, 4.69) is 36.6 Å². The predicted octanol–water partition coefficient (Wildman–Crippen LogP) is 5.86. The van der Waals surface area contributed by atoms with Gasteiger partial charge in [-0.2, -0.15) is 0 Å². The van der Waals surface area contributed by atoms with Crippen LogP contribution in [0.15, 0.2) is 41.2 Å². The summed E-state index contributed by atoms with van der Waals surface area (Å²) in [5, 5.41) is 1.46. The molecule has 0 spiro atoms. The SMILES string of the molecule is C=N/C(=C(F)\C=C/C)c1cc2[nH]c(C(C)C)cc2cc1Cl. The molecule has 0 atom stereocenters. The summed E-state index contributed by atoms with van der Waals surface area (Å²) in [4.78, 5) is 7.12. The molecule has 0 fully saturated rings. The summed E-state index contributed by atoms with van der Waals surface area (Å²) in [6.45, 7) is 9.40. The van der Waals surface area contributed by atoms with Gasteiger partial charge in [-0.15, -0.1) is 0 Å². The topological polar surface area (TPSA) is 28.1 Å². The molecule has 2 nitrogen and oxygen atoms in total. The Morgan fingerprint density at radius 1 is 1.38 bits per heavy atom. The molecule has 0 unspecified atom stereocenters. The summed E-state index contributed by atoms with van der Waals surface area (Å²) in [5.41, 5.74) is 2.71. The van der Waals surface area contributed by atoms with Crippen molar-refractivity contribution in [3.05, 3.63) is 52.5 Å². The van der Waals surface area contributed by atoms with E-state index in [4.69, 9.17) is 11.6 Å². The van der Waals surface area contributed by atoms with E-state index in [0.717, 1.165) is 16.6 Å². The lowest BCUT2D eigenvalue weighted by Gasteiger charge is -2.06. The maximum absolute atomic E-state index is 14.1. The van der Waals surface area contributed by atoms with Gasteiger partial charge in [0.15, 0.2) is 0 Å². The maximum atomic E-state index is 14.1. The average molecular weight is 305 g/mol. The van der Waals surface area contributed by atoms with Crippen molar-refractivity contribution in [2.75, 3.05) is 0 Å². The molecule has 1 N–H and O–H groups in total. The lowest BCUT2D eigenvalue weighted by molar-refractivity contribution is 0.668. The van der Waals surface area contributed by atoms with Crippen LogP contribution in [0.1, 0.15) is 37.9 Å². The number of rotatable bonds is 4. The number of hydrogen-bond donors (Lipinski definition) is 1. The van der Waals surface area contributed by atoms with Gasteiger partial charge in [-0.25, -0.2) is 4.39 Å².